The molecule has 1 N–H and O–H groups in total. The number of amides is 1. The molecule has 1 aliphatic rings. The lowest BCUT2D eigenvalue weighted by Crippen LogP contribution is -2.36. The number of aliphatic hydroxyl groups is 1. The molecule has 0 saturated heterocycles. The SMILES string of the molecule is O=C(CSCc1ccccc1)N(CCO)C1CC1. The van der Waals surface area contributed by atoms with Gasteiger partial charge in [0.2, 0.25) is 5.91 Å². The maximum Gasteiger partial charge on any atom is 0.232 e. The summed E-state index contributed by atoms with van der Waals surface area (Å²) in [5, 5.41) is 8.96. The third kappa shape index (κ3) is 4.03. The number of aliphatic hydroxyl groups excluding tert-OH is 1. The molecule has 1 saturated carbocycles. The lowest BCUT2D eigenvalue weighted by atomic mass is 10.2. The third-order valence-electron chi connectivity index (χ3n) is 2.99. The molecular weight excluding hydrogens is 246 g/mol. The molecule has 1 amide bonds. The van der Waals surface area contributed by atoms with Crippen molar-refractivity contribution in [3.8, 4) is 0 Å². The molecule has 0 spiro atoms. The Morgan fingerprint density at radius 1 is 1.33 bits per heavy atom. The molecule has 2 rings (SSSR count). The number of carbonyl (C=O) groups excluding carboxylic acids is 1. The molecule has 18 heavy (non-hydrogen) atoms. The first-order chi connectivity index (χ1) is 8.81. The maximum absolute atomic E-state index is 12.0. The monoisotopic (exact) mass is 265 g/mol. The highest BCUT2D eigenvalue weighted by atomic mass is 32.2. The lowest BCUT2D eigenvalue weighted by molar-refractivity contribution is -0.129. The van der Waals surface area contributed by atoms with Crippen LogP contribution in [0.2, 0.25) is 0 Å². The number of thioether (sulfide) groups is 1. The first-order valence-electron chi connectivity index (χ1n) is 6.33. The minimum atomic E-state index is 0.0611. The van der Waals surface area contributed by atoms with Crippen molar-refractivity contribution in [2.24, 2.45) is 0 Å². The van der Waals surface area contributed by atoms with Gasteiger partial charge in [-0.15, -0.1) is 11.8 Å². The zero-order valence-electron chi connectivity index (χ0n) is 10.4. The Bertz CT molecular complexity index is 379. The quantitative estimate of drug-likeness (QED) is 0.818. The summed E-state index contributed by atoms with van der Waals surface area (Å²) in [5.41, 5.74) is 1.25. The third-order valence-corrected chi connectivity index (χ3v) is 3.97. The van der Waals surface area contributed by atoms with Crippen LogP contribution in [0, 0.1) is 0 Å². The maximum atomic E-state index is 12.0. The Balaban J connectivity index is 1.73. The Morgan fingerprint density at radius 2 is 2.06 bits per heavy atom. The molecule has 1 aromatic rings. The van der Waals surface area contributed by atoms with E-state index >= 15 is 0 Å². The Morgan fingerprint density at radius 3 is 2.67 bits per heavy atom. The minimum Gasteiger partial charge on any atom is -0.395 e. The molecule has 0 bridgehead atoms. The van der Waals surface area contributed by atoms with Crippen LogP contribution in [0.3, 0.4) is 0 Å². The van der Waals surface area contributed by atoms with Crippen molar-refractivity contribution in [3.05, 3.63) is 35.9 Å². The second-order valence-corrected chi connectivity index (χ2v) is 5.51. The summed E-state index contributed by atoms with van der Waals surface area (Å²) in [6.45, 7) is 0.543. The van der Waals surface area contributed by atoms with Gasteiger partial charge in [-0.25, -0.2) is 0 Å². The van der Waals surface area contributed by atoms with Crippen molar-refractivity contribution < 1.29 is 9.90 Å². The van der Waals surface area contributed by atoms with Crippen LogP contribution < -0.4 is 0 Å². The van der Waals surface area contributed by atoms with Crippen molar-refractivity contribution in [2.75, 3.05) is 18.9 Å². The molecular formula is C14H19NO2S. The van der Waals surface area contributed by atoms with E-state index in [1.165, 1.54) is 5.56 Å². The molecule has 0 radical (unpaired) electrons. The average molecular weight is 265 g/mol. The number of hydrogen-bond donors (Lipinski definition) is 1. The van der Waals surface area contributed by atoms with Crippen LogP contribution in [0.25, 0.3) is 0 Å². The highest BCUT2D eigenvalue weighted by molar-refractivity contribution is 7.99. The zero-order valence-corrected chi connectivity index (χ0v) is 11.2. The van der Waals surface area contributed by atoms with Gasteiger partial charge >= 0.3 is 0 Å². The standard InChI is InChI=1S/C14H19NO2S/c16-9-8-15(13-6-7-13)14(17)11-18-10-12-4-2-1-3-5-12/h1-5,13,16H,6-11H2. The number of hydrogen-bond acceptors (Lipinski definition) is 3. The van der Waals surface area contributed by atoms with E-state index in [9.17, 15) is 4.79 Å². The van der Waals surface area contributed by atoms with Gasteiger partial charge in [-0.3, -0.25) is 4.79 Å². The van der Waals surface area contributed by atoms with Gasteiger partial charge in [0.15, 0.2) is 0 Å². The fourth-order valence-corrected chi connectivity index (χ4v) is 2.79. The van der Waals surface area contributed by atoms with E-state index in [0.29, 0.717) is 18.3 Å². The van der Waals surface area contributed by atoms with Crippen LogP contribution in [0.5, 0.6) is 0 Å². The van der Waals surface area contributed by atoms with E-state index in [2.05, 4.69) is 12.1 Å². The second-order valence-electron chi connectivity index (χ2n) is 4.52. The highest BCUT2D eigenvalue weighted by Gasteiger charge is 2.31. The summed E-state index contributed by atoms with van der Waals surface area (Å²) in [4.78, 5) is 13.8. The number of nitrogens with zero attached hydrogens (tertiary/aromatic N) is 1. The molecule has 1 fully saturated rings. The van der Waals surface area contributed by atoms with Crippen LogP contribution in [-0.2, 0) is 10.5 Å². The molecule has 0 unspecified atom stereocenters. The fourth-order valence-electron chi connectivity index (χ4n) is 1.92. The van der Waals surface area contributed by atoms with E-state index in [1.54, 1.807) is 11.8 Å². The van der Waals surface area contributed by atoms with Crippen molar-refractivity contribution in [1.82, 2.24) is 4.90 Å². The van der Waals surface area contributed by atoms with Gasteiger partial charge < -0.3 is 10.0 Å². The smallest absolute Gasteiger partial charge is 0.232 e. The Hall–Kier alpha value is -1.00. The first kappa shape index (κ1) is 13.4. The van der Waals surface area contributed by atoms with Gasteiger partial charge in [-0.2, -0.15) is 0 Å². The summed E-state index contributed by atoms with van der Waals surface area (Å²) >= 11 is 1.64. The molecule has 0 aliphatic heterocycles. The number of carbonyl (C=O) groups is 1. The second kappa shape index (κ2) is 6.81. The normalized spacial score (nSPS) is 14.5. The van der Waals surface area contributed by atoms with Crippen LogP contribution in [0.4, 0.5) is 0 Å². The van der Waals surface area contributed by atoms with E-state index < -0.39 is 0 Å². The Labute approximate surface area is 112 Å². The summed E-state index contributed by atoms with van der Waals surface area (Å²) in [6, 6.07) is 10.6. The van der Waals surface area contributed by atoms with Gasteiger partial charge in [-0.1, -0.05) is 30.3 Å². The van der Waals surface area contributed by atoms with E-state index in [-0.39, 0.29) is 12.5 Å². The summed E-state index contributed by atoms with van der Waals surface area (Å²) in [7, 11) is 0. The van der Waals surface area contributed by atoms with Gasteiger partial charge in [0.25, 0.3) is 0 Å². The summed E-state index contributed by atoms with van der Waals surface area (Å²) in [5.74, 6) is 1.53. The molecule has 0 aromatic heterocycles. The molecule has 0 heterocycles. The van der Waals surface area contributed by atoms with Crippen LogP contribution in [0.1, 0.15) is 18.4 Å². The average Bonchev–Trinajstić information content (AvgIpc) is 3.21. The van der Waals surface area contributed by atoms with Crippen molar-refractivity contribution in [3.63, 3.8) is 0 Å². The molecule has 4 heteroatoms. The summed E-state index contributed by atoms with van der Waals surface area (Å²) < 4.78 is 0. The number of rotatable bonds is 7. The van der Waals surface area contributed by atoms with Crippen molar-refractivity contribution in [1.29, 1.82) is 0 Å². The van der Waals surface area contributed by atoms with Crippen molar-refractivity contribution in [2.45, 2.75) is 24.6 Å². The zero-order chi connectivity index (χ0) is 12.8. The van der Waals surface area contributed by atoms with Gasteiger partial charge in [-0.05, 0) is 18.4 Å². The summed E-state index contributed by atoms with van der Waals surface area (Å²) in [6.07, 6.45) is 2.18. The first-order valence-corrected chi connectivity index (χ1v) is 7.48. The molecule has 3 nitrogen and oxygen atoms in total. The number of benzene rings is 1. The van der Waals surface area contributed by atoms with Crippen LogP contribution in [0.15, 0.2) is 30.3 Å². The van der Waals surface area contributed by atoms with Gasteiger partial charge in [0.1, 0.15) is 0 Å². The minimum absolute atomic E-state index is 0.0611. The van der Waals surface area contributed by atoms with Gasteiger partial charge in [0.05, 0.1) is 12.4 Å². The predicted molar refractivity (Wildman–Crippen MR) is 74.4 cm³/mol. The van der Waals surface area contributed by atoms with Crippen LogP contribution in [-0.4, -0.2) is 40.9 Å². The molecule has 1 aromatic carbocycles. The van der Waals surface area contributed by atoms with Crippen molar-refractivity contribution >= 4 is 17.7 Å². The van der Waals surface area contributed by atoms with E-state index in [1.807, 2.05) is 23.1 Å². The van der Waals surface area contributed by atoms with E-state index in [0.717, 1.165) is 18.6 Å². The predicted octanol–water partition coefficient (Wildman–Crippen LogP) is 1.90. The Kier molecular flexibility index (Phi) is 5.08. The van der Waals surface area contributed by atoms with Crippen LogP contribution >= 0.6 is 11.8 Å². The molecule has 98 valence electrons. The molecule has 1 aliphatic carbocycles. The molecule has 0 atom stereocenters. The van der Waals surface area contributed by atoms with Gasteiger partial charge in [0, 0.05) is 18.3 Å². The van der Waals surface area contributed by atoms with E-state index in [4.69, 9.17) is 5.11 Å². The lowest BCUT2D eigenvalue weighted by Gasteiger charge is -2.21. The highest BCUT2D eigenvalue weighted by Crippen LogP contribution is 2.27. The fraction of sp³-hybridized carbons (Fsp3) is 0.500. The topological polar surface area (TPSA) is 40.5 Å². The largest absolute Gasteiger partial charge is 0.395 e.